The Morgan fingerprint density at radius 3 is 1.94 bits per heavy atom. The lowest BCUT2D eigenvalue weighted by molar-refractivity contribution is 1.31. The van der Waals surface area contributed by atoms with Gasteiger partial charge in [-0.05, 0) is 12.1 Å². The molecule has 1 aromatic heterocycles. The molecular formula is C13H11NS2. The van der Waals surface area contributed by atoms with Crippen molar-refractivity contribution in [3.05, 3.63) is 60.7 Å². The second-order valence-electron chi connectivity index (χ2n) is 3.12. The molecule has 0 aliphatic heterocycles. The third-order valence-electron chi connectivity index (χ3n) is 1.95. The van der Waals surface area contributed by atoms with E-state index in [9.17, 15) is 0 Å². The average molecular weight is 245 g/mol. The molecule has 1 nitrogen and oxygen atoms in total. The van der Waals surface area contributed by atoms with Crippen molar-refractivity contribution in [2.75, 3.05) is 0 Å². The third-order valence-corrected chi connectivity index (χ3v) is 3.16. The van der Waals surface area contributed by atoms with Crippen LogP contribution in [0.15, 0.2) is 65.0 Å². The zero-order valence-electron chi connectivity index (χ0n) is 8.58. The van der Waals surface area contributed by atoms with Gasteiger partial charge in [0.2, 0.25) is 0 Å². The van der Waals surface area contributed by atoms with Crippen LogP contribution in [0.2, 0.25) is 0 Å². The number of nitrogens with zero attached hydrogens (tertiary/aromatic N) is 1. The maximum absolute atomic E-state index is 4.20. The van der Waals surface area contributed by atoms with Gasteiger partial charge in [-0.3, -0.25) is 0 Å². The molecule has 0 saturated heterocycles. The van der Waals surface area contributed by atoms with Crippen LogP contribution in [0.1, 0.15) is 0 Å². The van der Waals surface area contributed by atoms with E-state index < -0.39 is 0 Å². The average Bonchev–Trinajstić information content (AvgIpc) is 2.72. The Balaban J connectivity index is 0.000000138. The summed E-state index contributed by atoms with van der Waals surface area (Å²) in [7, 11) is 0. The van der Waals surface area contributed by atoms with Crippen LogP contribution >= 0.6 is 24.0 Å². The number of aromatic nitrogens is 1. The highest BCUT2D eigenvalue weighted by Crippen LogP contribution is 2.23. The molecule has 16 heavy (non-hydrogen) atoms. The minimum Gasteiger partial charge on any atom is -0.230 e. The minimum atomic E-state index is 0.834. The highest BCUT2D eigenvalue weighted by atomic mass is 32.2. The van der Waals surface area contributed by atoms with Crippen LogP contribution in [0.5, 0.6) is 0 Å². The van der Waals surface area contributed by atoms with Gasteiger partial charge < -0.3 is 0 Å². The Morgan fingerprint density at radius 2 is 1.38 bits per heavy atom. The summed E-state index contributed by atoms with van der Waals surface area (Å²) < 4.78 is 2.04. The number of para-hydroxylation sites is 1. The molecule has 0 bridgehead atoms. The minimum absolute atomic E-state index is 0.834. The third kappa shape index (κ3) is 3.08. The molecule has 0 saturated carbocycles. The summed E-state index contributed by atoms with van der Waals surface area (Å²) in [5.74, 6) is 0. The number of fused-ring (bicyclic) bond motifs is 1. The standard InChI is InChI=1S/C7H5NS2.C6H6/c9-7-8-5-3-1-2-4-6(5)10-7;1-2-4-6-5-3-1/h1-4H,(H,8,9);1-6H. The smallest absolute Gasteiger partial charge is 0.148 e. The maximum Gasteiger partial charge on any atom is 0.148 e. The van der Waals surface area contributed by atoms with Crippen molar-refractivity contribution in [3.63, 3.8) is 0 Å². The highest BCUT2D eigenvalue weighted by Gasteiger charge is 1.96. The van der Waals surface area contributed by atoms with Gasteiger partial charge in [-0.1, -0.05) is 48.5 Å². The summed E-state index contributed by atoms with van der Waals surface area (Å²) in [4.78, 5) is 4.20. The fraction of sp³-hybridized carbons (Fsp3) is 0. The van der Waals surface area contributed by atoms with Gasteiger partial charge in [0, 0.05) is 0 Å². The fourth-order valence-electron chi connectivity index (χ4n) is 1.24. The Hall–Kier alpha value is -1.32. The van der Waals surface area contributed by atoms with Crippen LogP contribution in [0, 0.1) is 0 Å². The van der Waals surface area contributed by atoms with Gasteiger partial charge in [0.1, 0.15) is 4.34 Å². The lowest BCUT2D eigenvalue weighted by atomic mass is 10.3. The van der Waals surface area contributed by atoms with Crippen molar-refractivity contribution in [3.8, 4) is 0 Å². The zero-order chi connectivity index (χ0) is 11.2. The predicted octanol–water partition coefficient (Wildman–Crippen LogP) is 4.27. The summed E-state index contributed by atoms with van der Waals surface area (Å²) in [6, 6.07) is 20.0. The van der Waals surface area contributed by atoms with E-state index in [1.807, 2.05) is 60.7 Å². The van der Waals surface area contributed by atoms with Crippen LogP contribution in [-0.2, 0) is 0 Å². The van der Waals surface area contributed by atoms with E-state index >= 15 is 0 Å². The summed E-state index contributed by atoms with van der Waals surface area (Å²) in [6.45, 7) is 0. The molecule has 0 radical (unpaired) electrons. The number of rotatable bonds is 0. The number of hydrogen-bond donors (Lipinski definition) is 1. The molecule has 2 aromatic carbocycles. The lowest BCUT2D eigenvalue weighted by Crippen LogP contribution is -1.63. The first-order valence-corrected chi connectivity index (χ1v) is 6.17. The zero-order valence-corrected chi connectivity index (χ0v) is 10.3. The van der Waals surface area contributed by atoms with Crippen molar-refractivity contribution in [2.45, 2.75) is 4.34 Å². The van der Waals surface area contributed by atoms with Crippen molar-refractivity contribution in [1.82, 2.24) is 4.98 Å². The van der Waals surface area contributed by atoms with E-state index in [1.54, 1.807) is 11.3 Å². The van der Waals surface area contributed by atoms with Gasteiger partial charge in [-0.2, -0.15) is 0 Å². The number of thiazole rings is 1. The quantitative estimate of drug-likeness (QED) is 0.584. The normalized spacial score (nSPS) is 9.56. The van der Waals surface area contributed by atoms with Crippen LogP contribution in [0.3, 0.4) is 0 Å². The van der Waals surface area contributed by atoms with Crippen LogP contribution in [0.4, 0.5) is 0 Å². The van der Waals surface area contributed by atoms with Crippen molar-refractivity contribution in [2.24, 2.45) is 0 Å². The Bertz CT molecular complexity index is 486. The SMILES string of the molecule is Sc1nc2ccccc2s1.c1ccccc1. The topological polar surface area (TPSA) is 12.9 Å². The molecule has 0 atom stereocenters. The summed E-state index contributed by atoms with van der Waals surface area (Å²) >= 11 is 5.76. The van der Waals surface area contributed by atoms with Crippen LogP contribution in [-0.4, -0.2) is 4.98 Å². The predicted molar refractivity (Wildman–Crippen MR) is 73.3 cm³/mol. The monoisotopic (exact) mass is 245 g/mol. The van der Waals surface area contributed by atoms with Gasteiger partial charge in [-0.25, -0.2) is 4.98 Å². The molecule has 0 spiro atoms. The second-order valence-corrected chi connectivity index (χ2v) is 4.88. The van der Waals surface area contributed by atoms with E-state index in [0.717, 1.165) is 9.86 Å². The molecule has 3 aromatic rings. The largest absolute Gasteiger partial charge is 0.230 e. The van der Waals surface area contributed by atoms with E-state index in [4.69, 9.17) is 0 Å². The van der Waals surface area contributed by atoms with Gasteiger partial charge in [0.05, 0.1) is 10.2 Å². The Morgan fingerprint density at radius 1 is 0.812 bits per heavy atom. The van der Waals surface area contributed by atoms with Crippen molar-refractivity contribution in [1.29, 1.82) is 0 Å². The molecule has 0 amide bonds. The first-order chi connectivity index (χ1) is 7.86. The van der Waals surface area contributed by atoms with Gasteiger partial charge in [0.25, 0.3) is 0 Å². The van der Waals surface area contributed by atoms with E-state index in [2.05, 4.69) is 17.6 Å². The second kappa shape index (κ2) is 5.68. The van der Waals surface area contributed by atoms with E-state index in [1.165, 1.54) is 4.70 Å². The van der Waals surface area contributed by atoms with E-state index in [0.29, 0.717) is 0 Å². The molecule has 0 N–H and O–H groups in total. The first-order valence-electron chi connectivity index (χ1n) is 4.91. The van der Waals surface area contributed by atoms with E-state index in [-0.39, 0.29) is 0 Å². The maximum atomic E-state index is 4.20. The molecule has 3 heteroatoms. The fourth-order valence-corrected chi connectivity index (χ4v) is 2.35. The molecule has 0 aliphatic rings. The molecule has 80 valence electrons. The Kier molecular flexibility index (Phi) is 3.97. The summed E-state index contributed by atoms with van der Waals surface area (Å²) in [5.41, 5.74) is 1.04. The summed E-state index contributed by atoms with van der Waals surface area (Å²) in [5, 5.41) is 0. The van der Waals surface area contributed by atoms with Gasteiger partial charge in [-0.15, -0.1) is 24.0 Å². The molecule has 1 heterocycles. The summed E-state index contributed by atoms with van der Waals surface area (Å²) in [6.07, 6.45) is 0. The first kappa shape index (κ1) is 11.2. The van der Waals surface area contributed by atoms with Crippen molar-refractivity contribution >= 4 is 34.2 Å². The molecule has 3 rings (SSSR count). The van der Waals surface area contributed by atoms with Crippen LogP contribution in [0.25, 0.3) is 10.2 Å². The highest BCUT2D eigenvalue weighted by molar-refractivity contribution is 7.82. The van der Waals surface area contributed by atoms with Crippen molar-refractivity contribution < 1.29 is 0 Å². The van der Waals surface area contributed by atoms with Gasteiger partial charge >= 0.3 is 0 Å². The lowest BCUT2D eigenvalue weighted by Gasteiger charge is -1.80. The molecule has 0 fully saturated rings. The molecule has 0 unspecified atom stereocenters. The number of benzene rings is 2. The number of thiol groups is 1. The molecule has 0 aliphatic carbocycles. The molecular weight excluding hydrogens is 234 g/mol. The Labute approximate surface area is 104 Å². The number of hydrogen-bond acceptors (Lipinski definition) is 3. The van der Waals surface area contributed by atoms with Crippen LogP contribution < -0.4 is 0 Å². The van der Waals surface area contributed by atoms with Gasteiger partial charge in [0.15, 0.2) is 0 Å².